The van der Waals surface area contributed by atoms with Gasteiger partial charge in [-0.25, -0.2) is 9.78 Å². The van der Waals surface area contributed by atoms with E-state index in [0.29, 0.717) is 11.4 Å². The lowest BCUT2D eigenvalue weighted by molar-refractivity contribution is -0.143. The Labute approximate surface area is 302 Å². The third-order valence-corrected chi connectivity index (χ3v) is 8.50. The van der Waals surface area contributed by atoms with Gasteiger partial charge in [-0.05, 0) is 42.9 Å². The highest BCUT2D eigenvalue weighted by molar-refractivity contribution is 7.98. The van der Waals surface area contributed by atoms with Gasteiger partial charge < -0.3 is 58.2 Å². The first-order valence-corrected chi connectivity index (χ1v) is 17.6. The fourth-order valence-corrected chi connectivity index (χ4v) is 5.53. The molecule has 0 saturated heterocycles. The number of hydrogen-bond donors (Lipinski definition) is 11. The number of aromatic nitrogens is 3. The van der Waals surface area contributed by atoms with E-state index in [0.717, 1.165) is 16.5 Å². The van der Waals surface area contributed by atoms with Crippen LogP contribution >= 0.6 is 11.8 Å². The highest BCUT2D eigenvalue weighted by atomic mass is 32.2. The minimum absolute atomic E-state index is 0.125. The number of thioether (sulfide) groups is 1. The summed E-state index contributed by atoms with van der Waals surface area (Å²) in [6.07, 6.45) is 5.97. The minimum atomic E-state index is -1.62. The number of amides is 6. The van der Waals surface area contributed by atoms with Crippen molar-refractivity contribution >= 4 is 64.1 Å². The fraction of sp³-hybridized carbons (Fsp3) is 0.438. The number of aliphatic hydroxyl groups excluding tert-OH is 1. The number of carboxylic acid groups (broad SMARTS) is 1. The minimum Gasteiger partial charge on any atom is -0.480 e. The van der Waals surface area contributed by atoms with Crippen molar-refractivity contribution in [2.24, 2.45) is 11.5 Å². The van der Waals surface area contributed by atoms with Crippen LogP contribution in [0.1, 0.15) is 30.5 Å². The zero-order chi connectivity index (χ0) is 38.2. The molecule has 0 aliphatic heterocycles. The molecule has 0 fully saturated rings. The molecule has 1 aromatic carbocycles. The van der Waals surface area contributed by atoms with E-state index in [-0.39, 0.29) is 32.1 Å². The van der Waals surface area contributed by atoms with Crippen molar-refractivity contribution in [2.75, 3.05) is 25.2 Å². The summed E-state index contributed by atoms with van der Waals surface area (Å²) in [5, 5.41) is 31.5. The van der Waals surface area contributed by atoms with Crippen molar-refractivity contribution in [3.05, 3.63) is 54.2 Å². The molecule has 19 nitrogen and oxygen atoms in total. The molecule has 2 aromatic heterocycles. The molecule has 0 spiro atoms. The largest absolute Gasteiger partial charge is 0.480 e. The number of rotatable bonds is 22. The number of H-pyrrole nitrogens is 2. The van der Waals surface area contributed by atoms with Gasteiger partial charge in [-0.3, -0.25) is 28.8 Å². The number of nitrogens with one attached hydrogen (secondary N) is 7. The van der Waals surface area contributed by atoms with Crippen LogP contribution in [0.25, 0.3) is 10.9 Å². The van der Waals surface area contributed by atoms with E-state index < -0.39 is 84.8 Å². The van der Waals surface area contributed by atoms with Gasteiger partial charge in [0.25, 0.3) is 0 Å². The van der Waals surface area contributed by atoms with Crippen molar-refractivity contribution < 1.29 is 43.8 Å². The first-order valence-electron chi connectivity index (χ1n) is 16.2. The molecule has 52 heavy (non-hydrogen) atoms. The van der Waals surface area contributed by atoms with Crippen LogP contribution in [-0.2, 0) is 46.4 Å². The van der Waals surface area contributed by atoms with Crippen LogP contribution in [0, 0.1) is 0 Å². The van der Waals surface area contributed by atoms with Crippen LogP contribution in [-0.4, -0.2) is 122 Å². The molecule has 0 saturated carbocycles. The molecular weight excluding hydrogens is 700 g/mol. The zero-order valence-corrected chi connectivity index (χ0v) is 29.2. The summed E-state index contributed by atoms with van der Waals surface area (Å²) in [4.78, 5) is 98.1. The first-order chi connectivity index (χ1) is 24.8. The van der Waals surface area contributed by atoms with Crippen molar-refractivity contribution in [2.45, 2.75) is 62.3 Å². The number of para-hydroxylation sites is 1. The van der Waals surface area contributed by atoms with Crippen LogP contribution in [0.3, 0.4) is 0 Å². The summed E-state index contributed by atoms with van der Waals surface area (Å²) in [7, 11) is 0. The predicted molar refractivity (Wildman–Crippen MR) is 189 cm³/mol. The number of aliphatic carboxylic acids is 1. The highest BCUT2D eigenvalue weighted by Crippen LogP contribution is 2.19. The monoisotopic (exact) mass is 744 g/mol. The Bertz CT molecular complexity index is 1700. The molecule has 2 heterocycles. The number of carbonyl (C=O) groups excluding carboxylic acids is 6. The van der Waals surface area contributed by atoms with Crippen LogP contribution in [0.15, 0.2) is 43.0 Å². The van der Waals surface area contributed by atoms with Gasteiger partial charge in [-0.2, -0.15) is 11.8 Å². The smallest absolute Gasteiger partial charge is 0.328 e. The van der Waals surface area contributed by atoms with E-state index in [1.54, 1.807) is 12.5 Å². The SMILES string of the molecule is CSCC[C@H](NC(=O)[C@H](CCC(N)=O)NC(=O)[C@H](N)Cc1c[nH]c2ccccc12)C(=O)NCC(=O)N[C@@H](Cc1cnc[nH]1)C(=O)N[C@@H](CO)C(=O)O. The van der Waals surface area contributed by atoms with Gasteiger partial charge in [0.2, 0.25) is 35.4 Å². The van der Waals surface area contributed by atoms with Crippen LogP contribution in [0.5, 0.6) is 0 Å². The van der Waals surface area contributed by atoms with Crippen molar-refractivity contribution in [1.82, 2.24) is 41.5 Å². The van der Waals surface area contributed by atoms with E-state index >= 15 is 0 Å². The Morgan fingerprint density at radius 1 is 0.865 bits per heavy atom. The van der Waals surface area contributed by atoms with E-state index in [1.807, 2.05) is 24.3 Å². The molecule has 3 rings (SSSR count). The number of primary amides is 1. The second kappa shape index (κ2) is 20.4. The zero-order valence-electron chi connectivity index (χ0n) is 28.3. The number of imidazole rings is 1. The lowest BCUT2D eigenvalue weighted by atomic mass is 10.0. The third kappa shape index (κ3) is 12.7. The molecule has 0 unspecified atom stereocenters. The van der Waals surface area contributed by atoms with Crippen molar-refractivity contribution in [3.63, 3.8) is 0 Å². The number of benzene rings is 1. The summed E-state index contributed by atoms with van der Waals surface area (Å²) in [6, 6.07) is 1.01. The van der Waals surface area contributed by atoms with Gasteiger partial charge >= 0.3 is 5.97 Å². The molecule has 3 aromatic rings. The normalized spacial score (nSPS) is 13.9. The van der Waals surface area contributed by atoms with Gasteiger partial charge in [-0.1, -0.05) is 18.2 Å². The second-order valence-corrected chi connectivity index (χ2v) is 12.8. The van der Waals surface area contributed by atoms with Crippen molar-refractivity contribution in [1.29, 1.82) is 0 Å². The lowest BCUT2D eigenvalue weighted by Crippen LogP contribution is -2.57. The Kier molecular flexibility index (Phi) is 16.1. The number of fused-ring (bicyclic) bond motifs is 1. The average Bonchev–Trinajstić information content (AvgIpc) is 3.79. The van der Waals surface area contributed by atoms with Gasteiger partial charge in [0, 0.05) is 41.8 Å². The predicted octanol–water partition coefficient (Wildman–Crippen LogP) is -2.85. The van der Waals surface area contributed by atoms with E-state index in [9.17, 15) is 43.8 Å². The van der Waals surface area contributed by atoms with E-state index in [2.05, 4.69) is 41.5 Å². The topological polar surface area (TPSA) is 317 Å². The first kappa shape index (κ1) is 41.0. The standard InChI is InChI=1S/C32H44N10O9S/c1-52-9-8-23(29(47)37-14-27(45)39-24(11-18-13-35-16-38-18)31(49)42-25(15-43)32(50)51)41-30(48)22(6-7-26(34)44)40-28(46)20(33)10-17-12-36-21-5-3-2-4-19(17)21/h2-5,12-13,16,20,22-25,36,43H,6-11,14-15,33H2,1H3,(H2,34,44)(H,35,38)(H,37,47)(H,39,45)(H,40,46)(H,41,48)(H,42,49)(H,50,51)/t20-,22+,23+,24+,25+/m1/s1. The highest BCUT2D eigenvalue weighted by Gasteiger charge is 2.30. The quantitative estimate of drug-likeness (QED) is 0.0496. The Morgan fingerprint density at radius 3 is 2.19 bits per heavy atom. The Balaban J connectivity index is 1.65. The molecule has 20 heteroatoms. The van der Waals surface area contributed by atoms with E-state index in [1.165, 1.54) is 24.3 Å². The Morgan fingerprint density at radius 2 is 1.54 bits per heavy atom. The number of aromatic amines is 2. The number of carboxylic acids is 1. The van der Waals surface area contributed by atoms with Gasteiger partial charge in [0.15, 0.2) is 0 Å². The summed E-state index contributed by atoms with van der Waals surface area (Å²) in [5.41, 5.74) is 13.6. The van der Waals surface area contributed by atoms with Gasteiger partial charge in [0.1, 0.15) is 24.2 Å². The molecule has 13 N–H and O–H groups in total. The molecule has 5 atom stereocenters. The van der Waals surface area contributed by atoms with Crippen molar-refractivity contribution in [3.8, 4) is 0 Å². The third-order valence-electron chi connectivity index (χ3n) is 7.86. The van der Waals surface area contributed by atoms with Crippen LogP contribution in [0.4, 0.5) is 0 Å². The second-order valence-electron chi connectivity index (χ2n) is 11.8. The number of carbonyl (C=O) groups is 7. The molecule has 6 amide bonds. The molecular formula is C32H44N10O9S. The molecule has 282 valence electrons. The molecule has 0 aliphatic rings. The lowest BCUT2D eigenvalue weighted by Gasteiger charge is -2.24. The van der Waals surface area contributed by atoms with Gasteiger partial charge in [-0.15, -0.1) is 0 Å². The summed E-state index contributed by atoms with van der Waals surface area (Å²) in [5.74, 6) is -5.73. The fourth-order valence-electron chi connectivity index (χ4n) is 5.06. The number of aliphatic hydroxyl groups is 1. The number of hydrogen-bond acceptors (Lipinski definition) is 11. The summed E-state index contributed by atoms with van der Waals surface area (Å²) in [6.45, 7) is -1.53. The molecule has 0 bridgehead atoms. The van der Waals surface area contributed by atoms with Crippen LogP contribution < -0.4 is 38.1 Å². The summed E-state index contributed by atoms with van der Waals surface area (Å²) < 4.78 is 0. The molecule has 0 aliphatic carbocycles. The maximum absolute atomic E-state index is 13.5. The average molecular weight is 745 g/mol. The van der Waals surface area contributed by atoms with E-state index in [4.69, 9.17) is 11.5 Å². The number of nitrogens with two attached hydrogens (primary N) is 2. The summed E-state index contributed by atoms with van der Waals surface area (Å²) >= 11 is 1.39. The number of nitrogens with zero attached hydrogens (tertiary/aromatic N) is 1. The maximum Gasteiger partial charge on any atom is 0.328 e. The maximum atomic E-state index is 13.5. The van der Waals surface area contributed by atoms with Gasteiger partial charge in [0.05, 0.1) is 25.5 Å². The Hall–Kier alpha value is -5.47. The van der Waals surface area contributed by atoms with Crippen LogP contribution in [0.2, 0.25) is 0 Å². The molecule has 0 radical (unpaired) electrons.